The molecular weight excluding hydrogens is 366 g/mol. The maximum absolute atomic E-state index is 12.2. The van der Waals surface area contributed by atoms with E-state index >= 15 is 0 Å². The number of aromatic nitrogens is 2. The van der Waals surface area contributed by atoms with E-state index in [1.807, 2.05) is 24.3 Å². The van der Waals surface area contributed by atoms with Crippen molar-refractivity contribution in [1.29, 1.82) is 0 Å². The smallest absolute Gasteiger partial charge is 0.316 e. The van der Waals surface area contributed by atoms with Gasteiger partial charge in [-0.25, -0.2) is 9.97 Å². The van der Waals surface area contributed by atoms with E-state index in [9.17, 15) is 4.79 Å². The van der Waals surface area contributed by atoms with Gasteiger partial charge in [-0.3, -0.25) is 4.79 Å². The van der Waals surface area contributed by atoms with Gasteiger partial charge < -0.3 is 14.8 Å². The van der Waals surface area contributed by atoms with Gasteiger partial charge in [-0.2, -0.15) is 0 Å². The average molecular weight is 390 g/mol. The highest BCUT2D eigenvalue weighted by Gasteiger charge is 2.24. The predicted octanol–water partition coefficient (Wildman–Crippen LogP) is 3.58. The lowest BCUT2D eigenvalue weighted by Gasteiger charge is -2.28. The first-order chi connectivity index (χ1) is 13.1. The van der Waals surface area contributed by atoms with Crippen molar-refractivity contribution in [3.8, 4) is 11.8 Å². The maximum Gasteiger partial charge on any atom is 0.316 e. The number of hydrogen-bond acceptors (Lipinski definition) is 5. The normalized spacial score (nSPS) is 19.3. The van der Waals surface area contributed by atoms with Crippen LogP contribution in [0.2, 0.25) is 5.02 Å². The van der Waals surface area contributed by atoms with Crippen LogP contribution in [0.4, 0.5) is 0 Å². The number of carbonyl (C=O) groups excluding carboxylic acids is 1. The standard InChI is InChI=1S/C20H24ClN3O3/c1-26-17-7-2-14(3-8-17)4-11-19(25)24-16-5-9-18(10-6-16)27-20-22-12-15(21)13-23-20/h2-3,7-8,12-13,16,18H,4-6,9-11H2,1H3,(H,24,25). The van der Waals surface area contributed by atoms with Crippen LogP contribution in [0.5, 0.6) is 11.8 Å². The van der Waals surface area contributed by atoms with E-state index in [-0.39, 0.29) is 18.1 Å². The van der Waals surface area contributed by atoms with E-state index in [4.69, 9.17) is 21.1 Å². The molecule has 0 radical (unpaired) electrons. The molecule has 0 saturated heterocycles. The summed E-state index contributed by atoms with van der Waals surface area (Å²) in [6.07, 6.45) is 7.88. The molecule has 0 unspecified atom stereocenters. The van der Waals surface area contributed by atoms with Gasteiger partial charge in [-0.15, -0.1) is 0 Å². The summed E-state index contributed by atoms with van der Waals surface area (Å²) in [5, 5.41) is 3.62. The molecule has 1 fully saturated rings. The van der Waals surface area contributed by atoms with Crippen LogP contribution in [0, 0.1) is 0 Å². The number of hydrogen-bond donors (Lipinski definition) is 1. The van der Waals surface area contributed by atoms with E-state index in [0.29, 0.717) is 17.5 Å². The Morgan fingerprint density at radius 3 is 2.44 bits per heavy atom. The number of nitrogens with zero attached hydrogens (tertiary/aromatic N) is 2. The van der Waals surface area contributed by atoms with Gasteiger partial charge in [0.1, 0.15) is 11.9 Å². The molecule has 3 rings (SSSR count). The van der Waals surface area contributed by atoms with E-state index in [2.05, 4.69) is 15.3 Å². The third-order valence-corrected chi connectivity index (χ3v) is 4.90. The largest absolute Gasteiger partial charge is 0.497 e. The first kappa shape index (κ1) is 19.4. The van der Waals surface area contributed by atoms with Crippen LogP contribution in [0.15, 0.2) is 36.7 Å². The first-order valence-electron chi connectivity index (χ1n) is 9.19. The Hall–Kier alpha value is -2.34. The van der Waals surface area contributed by atoms with Gasteiger partial charge in [0.2, 0.25) is 5.91 Å². The van der Waals surface area contributed by atoms with Crippen molar-refractivity contribution in [1.82, 2.24) is 15.3 Å². The zero-order chi connectivity index (χ0) is 19.1. The number of aryl methyl sites for hydroxylation is 1. The maximum atomic E-state index is 12.2. The van der Waals surface area contributed by atoms with Crippen molar-refractivity contribution in [2.75, 3.05) is 7.11 Å². The summed E-state index contributed by atoms with van der Waals surface area (Å²) in [4.78, 5) is 20.3. The molecule has 0 bridgehead atoms. The van der Waals surface area contributed by atoms with Gasteiger partial charge >= 0.3 is 6.01 Å². The number of amides is 1. The number of nitrogens with one attached hydrogen (secondary N) is 1. The van der Waals surface area contributed by atoms with Gasteiger partial charge in [0.15, 0.2) is 0 Å². The Bertz CT molecular complexity index is 729. The summed E-state index contributed by atoms with van der Waals surface area (Å²) in [5.74, 6) is 0.919. The fourth-order valence-electron chi connectivity index (χ4n) is 3.19. The van der Waals surface area contributed by atoms with E-state index in [0.717, 1.165) is 43.4 Å². The Morgan fingerprint density at radius 1 is 1.15 bits per heavy atom. The molecule has 1 aromatic heterocycles. The number of carbonyl (C=O) groups is 1. The van der Waals surface area contributed by atoms with Crippen LogP contribution in [0.3, 0.4) is 0 Å². The molecule has 1 saturated carbocycles. The third-order valence-electron chi connectivity index (χ3n) is 4.71. The Labute approximate surface area is 164 Å². The van der Waals surface area contributed by atoms with E-state index in [1.54, 1.807) is 7.11 Å². The molecule has 1 amide bonds. The van der Waals surface area contributed by atoms with Gasteiger partial charge in [-0.05, 0) is 49.8 Å². The minimum atomic E-state index is 0.0821. The summed E-state index contributed by atoms with van der Waals surface area (Å²) < 4.78 is 10.9. The highest BCUT2D eigenvalue weighted by Crippen LogP contribution is 2.22. The lowest BCUT2D eigenvalue weighted by molar-refractivity contribution is -0.122. The van der Waals surface area contributed by atoms with Crippen molar-refractivity contribution in [3.63, 3.8) is 0 Å². The molecule has 0 spiro atoms. The van der Waals surface area contributed by atoms with Gasteiger partial charge in [0.25, 0.3) is 0 Å². The van der Waals surface area contributed by atoms with E-state index in [1.165, 1.54) is 12.4 Å². The predicted molar refractivity (Wildman–Crippen MR) is 103 cm³/mol. The van der Waals surface area contributed by atoms with Crippen LogP contribution in [-0.2, 0) is 11.2 Å². The molecule has 2 aromatic rings. The fourth-order valence-corrected chi connectivity index (χ4v) is 3.28. The van der Waals surface area contributed by atoms with Gasteiger partial charge in [0.05, 0.1) is 24.5 Å². The topological polar surface area (TPSA) is 73.3 Å². The lowest BCUT2D eigenvalue weighted by atomic mass is 9.93. The Kier molecular flexibility index (Phi) is 6.87. The number of methoxy groups -OCH3 is 1. The van der Waals surface area contributed by atoms with Crippen molar-refractivity contribution >= 4 is 17.5 Å². The fraction of sp³-hybridized carbons (Fsp3) is 0.450. The van der Waals surface area contributed by atoms with Crippen molar-refractivity contribution in [3.05, 3.63) is 47.2 Å². The lowest BCUT2D eigenvalue weighted by Crippen LogP contribution is -2.39. The zero-order valence-electron chi connectivity index (χ0n) is 15.4. The van der Waals surface area contributed by atoms with Crippen LogP contribution in [0.25, 0.3) is 0 Å². The minimum Gasteiger partial charge on any atom is -0.497 e. The quantitative estimate of drug-likeness (QED) is 0.783. The van der Waals surface area contributed by atoms with Gasteiger partial charge in [-0.1, -0.05) is 23.7 Å². The first-order valence-corrected chi connectivity index (χ1v) is 9.56. The highest BCUT2D eigenvalue weighted by atomic mass is 35.5. The number of rotatable bonds is 7. The van der Waals surface area contributed by atoms with Crippen LogP contribution in [0.1, 0.15) is 37.7 Å². The number of ether oxygens (including phenoxy) is 2. The summed E-state index contributed by atoms with van der Waals surface area (Å²) in [6, 6.07) is 8.38. The molecule has 6 nitrogen and oxygen atoms in total. The monoisotopic (exact) mass is 389 g/mol. The number of halogens is 1. The Balaban J connectivity index is 1.36. The van der Waals surface area contributed by atoms with E-state index < -0.39 is 0 Å². The summed E-state index contributed by atoms with van der Waals surface area (Å²) >= 11 is 5.77. The second-order valence-corrected chi connectivity index (χ2v) is 7.13. The molecule has 1 N–H and O–H groups in total. The van der Waals surface area contributed by atoms with Crippen molar-refractivity contribution in [2.24, 2.45) is 0 Å². The van der Waals surface area contributed by atoms with Crippen LogP contribution in [-0.4, -0.2) is 35.1 Å². The highest BCUT2D eigenvalue weighted by molar-refractivity contribution is 6.30. The summed E-state index contributed by atoms with van der Waals surface area (Å²) in [7, 11) is 1.64. The van der Waals surface area contributed by atoms with Gasteiger partial charge in [0, 0.05) is 12.5 Å². The van der Waals surface area contributed by atoms with Crippen molar-refractivity contribution < 1.29 is 14.3 Å². The summed E-state index contributed by atoms with van der Waals surface area (Å²) in [6.45, 7) is 0. The second-order valence-electron chi connectivity index (χ2n) is 6.69. The Morgan fingerprint density at radius 2 is 1.81 bits per heavy atom. The van der Waals surface area contributed by atoms with Crippen LogP contribution >= 0.6 is 11.6 Å². The molecule has 7 heteroatoms. The zero-order valence-corrected chi connectivity index (χ0v) is 16.1. The second kappa shape index (κ2) is 9.55. The molecular formula is C20H24ClN3O3. The average Bonchev–Trinajstić information content (AvgIpc) is 2.70. The third kappa shape index (κ3) is 6.10. The number of benzene rings is 1. The molecule has 1 heterocycles. The molecule has 0 atom stereocenters. The SMILES string of the molecule is COc1ccc(CCC(=O)NC2CCC(Oc3ncc(Cl)cn3)CC2)cc1. The minimum absolute atomic E-state index is 0.0821. The molecule has 1 aromatic carbocycles. The molecule has 27 heavy (non-hydrogen) atoms. The molecule has 0 aliphatic heterocycles. The molecule has 1 aliphatic carbocycles. The summed E-state index contributed by atoms with van der Waals surface area (Å²) in [5.41, 5.74) is 1.13. The molecule has 1 aliphatic rings. The van der Waals surface area contributed by atoms with Crippen molar-refractivity contribution in [2.45, 2.75) is 50.7 Å². The van der Waals surface area contributed by atoms with Crippen LogP contribution < -0.4 is 14.8 Å². The molecule has 144 valence electrons.